The van der Waals surface area contributed by atoms with Gasteiger partial charge in [0, 0.05) is 19.5 Å². The number of aromatic hydroxyl groups is 1. The van der Waals surface area contributed by atoms with Gasteiger partial charge >= 0.3 is 13.1 Å². The maximum Gasteiger partial charge on any atom is 0.451 e. The number of carboxylic acids is 1. The molecule has 0 spiro atoms. The van der Waals surface area contributed by atoms with Gasteiger partial charge in [-0.05, 0) is 29.9 Å². The van der Waals surface area contributed by atoms with Crippen LogP contribution in [0.1, 0.15) is 21.5 Å². The molecular weight excluding hydrogens is 389 g/mol. The van der Waals surface area contributed by atoms with Gasteiger partial charge in [-0.2, -0.15) is 0 Å². The molecule has 9 heteroatoms. The van der Waals surface area contributed by atoms with Gasteiger partial charge in [0.05, 0.1) is 6.54 Å². The molecule has 2 aromatic rings. The Bertz CT molecular complexity index is 898. The van der Waals surface area contributed by atoms with Crippen LogP contribution in [0.15, 0.2) is 42.5 Å². The van der Waals surface area contributed by atoms with Crippen LogP contribution in [-0.4, -0.2) is 69.8 Å². The van der Waals surface area contributed by atoms with Crippen LogP contribution in [0.2, 0.25) is 6.32 Å². The quantitative estimate of drug-likeness (QED) is 0.425. The van der Waals surface area contributed by atoms with Crippen molar-refractivity contribution in [3.05, 3.63) is 59.2 Å². The largest absolute Gasteiger partial charge is 0.507 e. The van der Waals surface area contributed by atoms with Gasteiger partial charge in [0.15, 0.2) is 5.78 Å². The minimum absolute atomic E-state index is 0.0264. The number of likely N-dealkylation sites (tertiary alicyclic amines) is 1. The number of hydrogen-bond donors (Lipinski definition) is 4. The average molecular weight is 413 g/mol. The molecule has 3 rings (SSSR count). The van der Waals surface area contributed by atoms with E-state index in [2.05, 4.69) is 0 Å². The molecule has 1 aliphatic heterocycles. The number of ketones is 1. The SMILES string of the molecule is O=C(Cc1ccccc1)CN1CC(Oc2ccc(CCB(O)O)c(O)c2C(=O)O)C1. The highest BCUT2D eigenvalue weighted by Gasteiger charge is 2.31. The first-order valence-corrected chi connectivity index (χ1v) is 9.72. The number of ether oxygens (including phenoxy) is 1. The van der Waals surface area contributed by atoms with Crippen molar-refractivity contribution in [2.24, 2.45) is 0 Å². The van der Waals surface area contributed by atoms with Gasteiger partial charge in [0.1, 0.15) is 23.2 Å². The highest BCUT2D eigenvalue weighted by atomic mass is 16.5. The topological polar surface area (TPSA) is 128 Å². The fraction of sp³-hybridized carbons (Fsp3) is 0.333. The number of rotatable bonds is 10. The molecule has 0 saturated carbocycles. The number of hydrogen-bond acceptors (Lipinski definition) is 7. The summed E-state index contributed by atoms with van der Waals surface area (Å²) in [6.07, 6.45) is 0.174. The molecule has 30 heavy (non-hydrogen) atoms. The molecule has 0 aliphatic carbocycles. The maximum absolute atomic E-state index is 12.2. The van der Waals surface area contributed by atoms with Crippen molar-refractivity contribution in [3.63, 3.8) is 0 Å². The zero-order chi connectivity index (χ0) is 21.7. The third-order valence-corrected chi connectivity index (χ3v) is 4.97. The first-order valence-electron chi connectivity index (χ1n) is 9.72. The Hall–Kier alpha value is -2.88. The number of aryl methyl sites for hydroxylation is 1. The summed E-state index contributed by atoms with van der Waals surface area (Å²) >= 11 is 0. The first-order chi connectivity index (χ1) is 14.3. The van der Waals surface area contributed by atoms with E-state index in [1.807, 2.05) is 35.2 Å². The van der Waals surface area contributed by atoms with E-state index in [1.165, 1.54) is 12.1 Å². The number of phenols is 1. The Morgan fingerprint density at radius 2 is 1.80 bits per heavy atom. The number of benzene rings is 2. The molecule has 1 saturated heterocycles. The maximum atomic E-state index is 12.2. The van der Waals surface area contributed by atoms with Gasteiger partial charge < -0.3 is 25.0 Å². The molecule has 1 fully saturated rings. The molecule has 1 heterocycles. The van der Waals surface area contributed by atoms with E-state index < -0.39 is 18.8 Å². The van der Waals surface area contributed by atoms with Gasteiger partial charge in [0.25, 0.3) is 0 Å². The Morgan fingerprint density at radius 1 is 1.10 bits per heavy atom. The van der Waals surface area contributed by atoms with Gasteiger partial charge in [-0.25, -0.2) is 4.79 Å². The normalized spacial score (nSPS) is 14.2. The summed E-state index contributed by atoms with van der Waals surface area (Å²) < 4.78 is 5.74. The molecule has 0 bridgehead atoms. The van der Waals surface area contributed by atoms with Crippen LogP contribution in [0.4, 0.5) is 0 Å². The Kier molecular flexibility index (Phi) is 7.09. The van der Waals surface area contributed by atoms with Crippen molar-refractivity contribution in [3.8, 4) is 11.5 Å². The second-order valence-electron chi connectivity index (χ2n) is 7.41. The lowest BCUT2D eigenvalue weighted by molar-refractivity contribution is -0.121. The van der Waals surface area contributed by atoms with Gasteiger partial charge in [-0.15, -0.1) is 0 Å². The van der Waals surface area contributed by atoms with Crippen molar-refractivity contribution in [2.45, 2.75) is 25.3 Å². The molecule has 0 aromatic heterocycles. The van der Waals surface area contributed by atoms with Crippen LogP contribution >= 0.6 is 0 Å². The standard InChI is InChI=1S/C21H24BNO7/c24-16(10-14-4-2-1-3-5-14)11-23-12-17(13-23)30-18-7-6-15(8-9-22(28)29)20(25)19(18)21(26)27/h1-7,17,25,28-29H,8-13H2,(H,26,27). The fourth-order valence-corrected chi connectivity index (χ4v) is 3.44. The molecular formula is C21H24BNO7. The first kappa shape index (κ1) is 21.8. The van der Waals surface area contributed by atoms with Crippen LogP contribution in [-0.2, 0) is 17.6 Å². The molecule has 0 radical (unpaired) electrons. The summed E-state index contributed by atoms with van der Waals surface area (Å²) in [5.74, 6) is -1.62. The number of carbonyl (C=O) groups is 2. The van der Waals surface area contributed by atoms with Crippen LogP contribution in [0.25, 0.3) is 0 Å². The van der Waals surface area contributed by atoms with E-state index in [1.54, 1.807) is 0 Å². The second-order valence-corrected chi connectivity index (χ2v) is 7.41. The number of Topliss-reactive ketones (excluding diaryl/α,β-unsaturated/α-hetero) is 1. The summed E-state index contributed by atoms with van der Waals surface area (Å²) in [6.45, 7) is 1.27. The zero-order valence-electron chi connectivity index (χ0n) is 16.4. The zero-order valence-corrected chi connectivity index (χ0v) is 16.4. The smallest absolute Gasteiger partial charge is 0.451 e. The molecule has 0 unspecified atom stereocenters. The van der Waals surface area contributed by atoms with Gasteiger partial charge in [0.2, 0.25) is 0 Å². The summed E-state index contributed by atoms with van der Waals surface area (Å²) in [7, 11) is -1.54. The van der Waals surface area contributed by atoms with Gasteiger partial charge in [-0.1, -0.05) is 36.4 Å². The monoisotopic (exact) mass is 413 g/mol. The third kappa shape index (κ3) is 5.59. The van der Waals surface area contributed by atoms with Crippen LogP contribution < -0.4 is 4.74 Å². The van der Waals surface area contributed by atoms with E-state index in [0.29, 0.717) is 31.6 Å². The Balaban J connectivity index is 1.55. The number of carboxylic acid groups (broad SMARTS) is 1. The van der Waals surface area contributed by atoms with Crippen molar-refractivity contribution in [1.29, 1.82) is 0 Å². The molecule has 158 valence electrons. The van der Waals surface area contributed by atoms with E-state index in [0.717, 1.165) is 5.56 Å². The van der Waals surface area contributed by atoms with E-state index >= 15 is 0 Å². The number of aromatic carboxylic acids is 1. The summed E-state index contributed by atoms with van der Waals surface area (Å²) in [5, 5.41) is 37.7. The predicted molar refractivity (Wildman–Crippen MR) is 110 cm³/mol. The lowest BCUT2D eigenvalue weighted by atomic mass is 9.82. The van der Waals surface area contributed by atoms with Gasteiger partial charge in [-0.3, -0.25) is 9.69 Å². The lowest BCUT2D eigenvalue weighted by Gasteiger charge is -2.38. The van der Waals surface area contributed by atoms with Crippen molar-refractivity contribution < 1.29 is 34.6 Å². The van der Waals surface area contributed by atoms with Crippen molar-refractivity contribution >= 4 is 18.9 Å². The van der Waals surface area contributed by atoms with Crippen LogP contribution in [0.3, 0.4) is 0 Å². The number of nitrogens with zero attached hydrogens (tertiary/aromatic N) is 1. The highest BCUT2D eigenvalue weighted by Crippen LogP contribution is 2.33. The molecule has 1 aliphatic rings. The molecule has 0 amide bonds. The predicted octanol–water partition coefficient (Wildman–Crippen LogP) is 0.980. The van der Waals surface area contributed by atoms with Crippen LogP contribution in [0.5, 0.6) is 11.5 Å². The molecule has 8 nitrogen and oxygen atoms in total. The van der Waals surface area contributed by atoms with E-state index in [9.17, 15) is 19.8 Å². The molecule has 0 atom stereocenters. The summed E-state index contributed by atoms with van der Waals surface area (Å²) in [6, 6.07) is 12.5. The minimum Gasteiger partial charge on any atom is -0.507 e. The Labute approximate surface area is 174 Å². The minimum atomic E-state index is -1.54. The molecule has 4 N–H and O–H groups in total. The third-order valence-electron chi connectivity index (χ3n) is 4.97. The average Bonchev–Trinajstić information content (AvgIpc) is 2.66. The lowest BCUT2D eigenvalue weighted by Crippen LogP contribution is -2.55. The highest BCUT2D eigenvalue weighted by molar-refractivity contribution is 6.41. The second kappa shape index (κ2) is 9.75. The van der Waals surface area contributed by atoms with E-state index in [-0.39, 0.29) is 35.9 Å². The van der Waals surface area contributed by atoms with E-state index in [4.69, 9.17) is 14.8 Å². The fourth-order valence-electron chi connectivity index (χ4n) is 3.44. The summed E-state index contributed by atoms with van der Waals surface area (Å²) in [5.41, 5.74) is 0.916. The molecule has 2 aromatic carbocycles. The number of carbonyl (C=O) groups excluding carboxylic acids is 1. The van der Waals surface area contributed by atoms with Crippen molar-refractivity contribution in [2.75, 3.05) is 19.6 Å². The van der Waals surface area contributed by atoms with Crippen molar-refractivity contribution in [1.82, 2.24) is 4.90 Å². The Morgan fingerprint density at radius 3 is 2.43 bits per heavy atom. The summed E-state index contributed by atoms with van der Waals surface area (Å²) in [4.78, 5) is 25.7. The van der Waals surface area contributed by atoms with Crippen LogP contribution in [0, 0.1) is 0 Å².